The maximum Gasteiger partial charge on any atom is 0.106 e. The van der Waals surface area contributed by atoms with Gasteiger partial charge in [0.1, 0.15) is 5.82 Å². The van der Waals surface area contributed by atoms with Crippen molar-refractivity contribution in [2.24, 2.45) is 0 Å². The van der Waals surface area contributed by atoms with Gasteiger partial charge < -0.3 is 15.0 Å². The average Bonchev–Trinajstić information content (AvgIpc) is 2.67. The molecule has 1 aromatic rings. The number of hydrogen-bond donors (Lipinski definition) is 2. The van der Waals surface area contributed by atoms with Crippen molar-refractivity contribution in [1.82, 2.24) is 14.9 Å². The summed E-state index contributed by atoms with van der Waals surface area (Å²) < 4.78 is 2.28. The fourth-order valence-corrected chi connectivity index (χ4v) is 3.29. The zero-order chi connectivity index (χ0) is 12.6. The summed E-state index contributed by atoms with van der Waals surface area (Å²) in [7, 11) is 0. The van der Waals surface area contributed by atoms with Gasteiger partial charge in [0.15, 0.2) is 0 Å². The van der Waals surface area contributed by atoms with Crippen molar-refractivity contribution in [2.45, 2.75) is 57.6 Å². The molecule has 1 aliphatic carbocycles. The van der Waals surface area contributed by atoms with Crippen LogP contribution in [-0.2, 0) is 19.4 Å². The van der Waals surface area contributed by atoms with E-state index in [0.29, 0.717) is 0 Å². The number of fused-ring (bicyclic) bond motifs is 1. The number of nitrogens with zero attached hydrogens (tertiary/aromatic N) is 2. The Hall–Kier alpha value is -0.870. The zero-order valence-corrected chi connectivity index (χ0v) is 11.2. The maximum absolute atomic E-state index is 10.7. The van der Waals surface area contributed by atoms with E-state index in [2.05, 4.69) is 21.8 Å². The molecule has 0 atom stereocenters. The van der Waals surface area contributed by atoms with Gasteiger partial charge in [-0.3, -0.25) is 0 Å². The molecule has 0 spiro atoms. The molecule has 1 aromatic heterocycles. The molecule has 0 radical (unpaired) electrons. The smallest absolute Gasteiger partial charge is 0.106 e. The lowest BCUT2D eigenvalue weighted by molar-refractivity contribution is -0.00650. The summed E-state index contributed by atoms with van der Waals surface area (Å²) in [4.78, 5) is 4.68. The Balaban J connectivity index is 1.85. The van der Waals surface area contributed by atoms with Gasteiger partial charge in [-0.2, -0.15) is 0 Å². The van der Waals surface area contributed by atoms with Crippen molar-refractivity contribution in [1.29, 1.82) is 0 Å². The first kappa shape index (κ1) is 12.2. The number of piperidine rings is 1. The molecule has 4 nitrogen and oxygen atoms in total. The lowest BCUT2D eigenvalue weighted by atomic mass is 9.92. The van der Waals surface area contributed by atoms with Gasteiger partial charge in [-0.25, -0.2) is 4.98 Å². The van der Waals surface area contributed by atoms with Crippen LogP contribution in [0.3, 0.4) is 0 Å². The van der Waals surface area contributed by atoms with Crippen LogP contribution in [0, 0.1) is 6.92 Å². The molecule has 0 amide bonds. The molecule has 1 saturated heterocycles. The number of hydrogen-bond acceptors (Lipinski definition) is 3. The Morgan fingerprint density at radius 1 is 1.28 bits per heavy atom. The molecule has 0 bridgehead atoms. The highest BCUT2D eigenvalue weighted by molar-refractivity contribution is 5.20. The number of imidazole rings is 1. The number of rotatable bonds is 2. The van der Waals surface area contributed by atoms with Crippen LogP contribution in [0.4, 0.5) is 0 Å². The minimum Gasteiger partial charge on any atom is -0.388 e. The van der Waals surface area contributed by atoms with E-state index in [-0.39, 0.29) is 0 Å². The van der Waals surface area contributed by atoms with E-state index < -0.39 is 5.60 Å². The van der Waals surface area contributed by atoms with Gasteiger partial charge in [-0.15, -0.1) is 0 Å². The number of aliphatic hydroxyl groups is 1. The summed E-state index contributed by atoms with van der Waals surface area (Å²) in [5.41, 5.74) is 2.11. The topological polar surface area (TPSA) is 50.1 Å². The molecule has 3 rings (SSSR count). The van der Waals surface area contributed by atoms with E-state index in [1.165, 1.54) is 24.2 Å². The largest absolute Gasteiger partial charge is 0.388 e. The number of nitrogens with one attached hydrogen (secondary N) is 1. The zero-order valence-electron chi connectivity index (χ0n) is 11.2. The van der Waals surface area contributed by atoms with Gasteiger partial charge in [-0.05, 0) is 58.5 Å². The SMILES string of the molecule is Cc1nc2c(n1CC1(O)CCNCC1)CCCC2. The molecule has 0 saturated carbocycles. The quantitative estimate of drug-likeness (QED) is 0.827. The molecule has 100 valence electrons. The molecule has 0 unspecified atom stereocenters. The first-order valence-electron chi connectivity index (χ1n) is 7.16. The molecule has 2 aliphatic rings. The predicted octanol–water partition coefficient (Wildman–Crippen LogP) is 1.18. The predicted molar refractivity (Wildman–Crippen MR) is 70.7 cm³/mol. The minimum absolute atomic E-state index is 0.540. The van der Waals surface area contributed by atoms with E-state index in [1.807, 2.05) is 0 Å². The summed E-state index contributed by atoms with van der Waals surface area (Å²) >= 11 is 0. The van der Waals surface area contributed by atoms with Crippen LogP contribution in [0.2, 0.25) is 0 Å². The van der Waals surface area contributed by atoms with E-state index in [9.17, 15) is 5.11 Å². The Morgan fingerprint density at radius 2 is 2.00 bits per heavy atom. The Kier molecular flexibility index (Phi) is 3.16. The average molecular weight is 249 g/mol. The summed E-state index contributed by atoms with van der Waals surface area (Å²) in [6, 6.07) is 0. The molecule has 1 aliphatic heterocycles. The lowest BCUT2D eigenvalue weighted by Gasteiger charge is -2.34. The highest BCUT2D eigenvalue weighted by atomic mass is 16.3. The summed E-state index contributed by atoms with van der Waals surface area (Å²) in [6.07, 6.45) is 6.46. The van der Waals surface area contributed by atoms with Crippen LogP contribution in [0.5, 0.6) is 0 Å². The standard InChI is InChI=1S/C14H23N3O/c1-11-16-12-4-2-3-5-13(12)17(11)10-14(18)6-8-15-9-7-14/h15,18H,2-10H2,1H3. The molecular weight excluding hydrogens is 226 g/mol. The maximum atomic E-state index is 10.7. The van der Waals surface area contributed by atoms with Crippen molar-refractivity contribution < 1.29 is 5.11 Å². The van der Waals surface area contributed by atoms with Crippen molar-refractivity contribution in [3.8, 4) is 0 Å². The lowest BCUT2D eigenvalue weighted by Crippen LogP contribution is -2.45. The molecular formula is C14H23N3O. The summed E-state index contributed by atoms with van der Waals surface area (Å²) in [5, 5.41) is 14.0. The van der Waals surface area contributed by atoms with E-state index in [1.54, 1.807) is 0 Å². The second-order valence-corrected chi connectivity index (χ2v) is 5.82. The van der Waals surface area contributed by atoms with Crippen molar-refractivity contribution in [2.75, 3.05) is 13.1 Å². The minimum atomic E-state index is -0.540. The number of aryl methyl sites for hydroxylation is 2. The fourth-order valence-electron chi connectivity index (χ4n) is 3.29. The summed E-state index contributed by atoms with van der Waals surface area (Å²) in [5.74, 6) is 1.08. The second-order valence-electron chi connectivity index (χ2n) is 5.82. The fraction of sp³-hybridized carbons (Fsp3) is 0.786. The van der Waals surface area contributed by atoms with Gasteiger partial charge in [0.2, 0.25) is 0 Å². The van der Waals surface area contributed by atoms with Gasteiger partial charge in [-0.1, -0.05) is 0 Å². The Bertz CT molecular complexity index is 432. The first-order valence-corrected chi connectivity index (χ1v) is 7.16. The third kappa shape index (κ3) is 2.19. The molecule has 2 heterocycles. The molecule has 2 N–H and O–H groups in total. The van der Waals surface area contributed by atoms with Crippen LogP contribution in [0.25, 0.3) is 0 Å². The molecule has 18 heavy (non-hydrogen) atoms. The van der Waals surface area contributed by atoms with Gasteiger partial charge >= 0.3 is 0 Å². The highest BCUT2D eigenvalue weighted by Crippen LogP contribution is 2.26. The van der Waals surface area contributed by atoms with Crippen molar-refractivity contribution >= 4 is 0 Å². The third-order valence-electron chi connectivity index (χ3n) is 4.41. The number of aromatic nitrogens is 2. The summed E-state index contributed by atoms with van der Waals surface area (Å²) in [6.45, 7) is 4.64. The van der Waals surface area contributed by atoms with Gasteiger partial charge in [0, 0.05) is 5.69 Å². The monoisotopic (exact) mass is 249 g/mol. The van der Waals surface area contributed by atoms with E-state index >= 15 is 0 Å². The van der Waals surface area contributed by atoms with Crippen LogP contribution >= 0.6 is 0 Å². The normalized spacial score (nSPS) is 22.8. The van der Waals surface area contributed by atoms with Crippen LogP contribution in [0.15, 0.2) is 0 Å². The van der Waals surface area contributed by atoms with Crippen molar-refractivity contribution in [3.05, 3.63) is 17.2 Å². The molecule has 1 fully saturated rings. The Labute approximate surface area is 108 Å². The highest BCUT2D eigenvalue weighted by Gasteiger charge is 2.31. The Morgan fingerprint density at radius 3 is 2.78 bits per heavy atom. The van der Waals surface area contributed by atoms with Crippen molar-refractivity contribution in [3.63, 3.8) is 0 Å². The second kappa shape index (κ2) is 4.67. The third-order valence-corrected chi connectivity index (χ3v) is 4.41. The van der Waals surface area contributed by atoms with Crippen LogP contribution < -0.4 is 5.32 Å². The molecule has 4 heteroatoms. The van der Waals surface area contributed by atoms with Gasteiger partial charge in [0.05, 0.1) is 17.8 Å². The van der Waals surface area contributed by atoms with Crippen LogP contribution in [0.1, 0.15) is 42.9 Å². The van der Waals surface area contributed by atoms with Crippen LogP contribution in [-0.4, -0.2) is 33.3 Å². The molecule has 0 aromatic carbocycles. The van der Waals surface area contributed by atoms with E-state index in [0.717, 1.165) is 51.1 Å². The van der Waals surface area contributed by atoms with Gasteiger partial charge in [0.25, 0.3) is 0 Å². The van der Waals surface area contributed by atoms with E-state index in [4.69, 9.17) is 0 Å². The first-order chi connectivity index (χ1) is 8.68.